The summed E-state index contributed by atoms with van der Waals surface area (Å²) < 4.78 is 5.78. The summed E-state index contributed by atoms with van der Waals surface area (Å²) in [6.07, 6.45) is 8.13. The second-order valence-electron chi connectivity index (χ2n) is 7.17. The van der Waals surface area contributed by atoms with Gasteiger partial charge < -0.3 is 10.6 Å². The number of fused-ring (bicyclic) bond motifs is 1. The molecule has 1 aliphatic heterocycles. The molecule has 1 unspecified atom stereocenters. The Hall–Kier alpha value is -2.12. The highest BCUT2D eigenvalue weighted by Gasteiger charge is 2.23. The molecule has 2 fully saturated rings. The van der Waals surface area contributed by atoms with E-state index >= 15 is 0 Å². The summed E-state index contributed by atoms with van der Waals surface area (Å²) in [7, 11) is 0. The Morgan fingerprint density at radius 3 is 2.84 bits per heavy atom. The molecule has 0 radical (unpaired) electrons. The van der Waals surface area contributed by atoms with Gasteiger partial charge in [0.05, 0.1) is 18.4 Å². The minimum atomic E-state index is 0.252. The van der Waals surface area contributed by atoms with Crippen LogP contribution in [0.5, 0.6) is 0 Å². The van der Waals surface area contributed by atoms with E-state index in [0.717, 1.165) is 48.4 Å². The fourth-order valence-corrected chi connectivity index (χ4v) is 3.51. The van der Waals surface area contributed by atoms with Gasteiger partial charge in [0.2, 0.25) is 0 Å². The lowest BCUT2D eigenvalue weighted by atomic mass is 9.87. The molecule has 1 saturated heterocycles. The number of hydrazone groups is 1. The number of rotatable bonds is 2. The van der Waals surface area contributed by atoms with Gasteiger partial charge in [0.1, 0.15) is 5.71 Å². The van der Waals surface area contributed by atoms with Crippen molar-refractivity contribution in [1.82, 2.24) is 0 Å². The Morgan fingerprint density at radius 2 is 2.08 bits per heavy atom. The monoisotopic (exact) mass is 335 g/mol. The largest absolute Gasteiger partial charge is 0.376 e. The molecule has 1 aromatic carbocycles. The van der Waals surface area contributed by atoms with Crippen molar-refractivity contribution in [1.29, 1.82) is 0 Å². The molecule has 0 amide bonds. The van der Waals surface area contributed by atoms with Crippen LogP contribution < -0.4 is 5.84 Å². The highest BCUT2D eigenvalue weighted by molar-refractivity contribution is 6.49. The van der Waals surface area contributed by atoms with Gasteiger partial charge in [-0.3, -0.25) is 4.99 Å². The molecule has 4 rings (SSSR count). The predicted octanol–water partition coefficient (Wildman–Crippen LogP) is 3.07. The summed E-state index contributed by atoms with van der Waals surface area (Å²) in [5.41, 5.74) is 5.33. The predicted molar refractivity (Wildman–Crippen MR) is 101 cm³/mol. The molecular weight excluding hydrogens is 310 g/mol. The van der Waals surface area contributed by atoms with E-state index in [4.69, 9.17) is 15.6 Å². The Bertz CT molecular complexity index is 759. The normalized spacial score (nSPS) is 26.2. The molecule has 3 aliphatic rings. The van der Waals surface area contributed by atoms with Crippen LogP contribution in [-0.2, 0) is 11.2 Å². The SMILES string of the molecule is N/N=C1\C(=NCC2CCCCO2)CCc2cc(C#CC3CC3)ccc21. The highest BCUT2D eigenvalue weighted by Crippen LogP contribution is 2.28. The van der Waals surface area contributed by atoms with Gasteiger partial charge in [-0.15, -0.1) is 0 Å². The van der Waals surface area contributed by atoms with Crippen molar-refractivity contribution < 1.29 is 4.74 Å². The van der Waals surface area contributed by atoms with Gasteiger partial charge in [-0.05, 0) is 62.6 Å². The lowest BCUT2D eigenvalue weighted by Gasteiger charge is -2.23. The van der Waals surface area contributed by atoms with Crippen LogP contribution in [0.1, 0.15) is 55.2 Å². The van der Waals surface area contributed by atoms with Crippen LogP contribution in [0.25, 0.3) is 0 Å². The Kier molecular flexibility index (Phi) is 4.85. The summed E-state index contributed by atoms with van der Waals surface area (Å²) in [4.78, 5) is 4.80. The molecule has 1 atom stereocenters. The zero-order valence-electron chi connectivity index (χ0n) is 14.6. The van der Waals surface area contributed by atoms with Gasteiger partial charge in [0.25, 0.3) is 0 Å². The number of ether oxygens (including phenoxy) is 1. The number of hydrogen-bond donors (Lipinski definition) is 1. The third-order valence-corrected chi connectivity index (χ3v) is 5.15. The van der Waals surface area contributed by atoms with E-state index < -0.39 is 0 Å². The first-order chi connectivity index (χ1) is 12.3. The lowest BCUT2D eigenvalue weighted by Crippen LogP contribution is -2.28. The second kappa shape index (κ2) is 7.41. The van der Waals surface area contributed by atoms with Gasteiger partial charge in [0.15, 0.2) is 0 Å². The zero-order chi connectivity index (χ0) is 17.1. The van der Waals surface area contributed by atoms with Crippen molar-refractivity contribution in [3.05, 3.63) is 34.9 Å². The van der Waals surface area contributed by atoms with Crippen molar-refractivity contribution in [3.63, 3.8) is 0 Å². The van der Waals surface area contributed by atoms with Crippen molar-refractivity contribution in [3.8, 4) is 11.8 Å². The topological polar surface area (TPSA) is 60.0 Å². The number of hydrogen-bond acceptors (Lipinski definition) is 4. The van der Waals surface area contributed by atoms with Crippen LogP contribution in [0.4, 0.5) is 0 Å². The molecule has 25 heavy (non-hydrogen) atoms. The van der Waals surface area contributed by atoms with Crippen LogP contribution in [0.2, 0.25) is 0 Å². The van der Waals surface area contributed by atoms with E-state index in [0.29, 0.717) is 12.5 Å². The van der Waals surface area contributed by atoms with Crippen LogP contribution in [0.3, 0.4) is 0 Å². The summed E-state index contributed by atoms with van der Waals surface area (Å²) in [6, 6.07) is 6.37. The minimum Gasteiger partial charge on any atom is -0.376 e. The van der Waals surface area contributed by atoms with Gasteiger partial charge in [0, 0.05) is 23.7 Å². The van der Waals surface area contributed by atoms with E-state index in [9.17, 15) is 0 Å². The molecule has 130 valence electrons. The molecule has 4 nitrogen and oxygen atoms in total. The first kappa shape index (κ1) is 16.4. The number of benzene rings is 1. The van der Waals surface area contributed by atoms with Crippen molar-refractivity contribution in [2.75, 3.05) is 13.2 Å². The third kappa shape index (κ3) is 3.93. The number of aryl methyl sites for hydroxylation is 1. The van der Waals surface area contributed by atoms with Crippen molar-refractivity contribution in [2.24, 2.45) is 21.9 Å². The van der Waals surface area contributed by atoms with E-state index in [1.807, 2.05) is 0 Å². The first-order valence-corrected chi connectivity index (χ1v) is 9.41. The molecule has 2 aliphatic carbocycles. The van der Waals surface area contributed by atoms with E-state index in [1.165, 1.54) is 31.2 Å². The lowest BCUT2D eigenvalue weighted by molar-refractivity contribution is 0.0225. The summed E-state index contributed by atoms with van der Waals surface area (Å²) in [6.45, 7) is 1.58. The van der Waals surface area contributed by atoms with Gasteiger partial charge in [-0.2, -0.15) is 5.10 Å². The zero-order valence-corrected chi connectivity index (χ0v) is 14.6. The molecular formula is C21H25N3O. The first-order valence-electron chi connectivity index (χ1n) is 9.41. The molecule has 0 bridgehead atoms. The second-order valence-corrected chi connectivity index (χ2v) is 7.17. The fraction of sp³-hybridized carbons (Fsp3) is 0.524. The molecule has 2 N–H and O–H groups in total. The van der Waals surface area contributed by atoms with E-state index in [1.54, 1.807) is 0 Å². The summed E-state index contributed by atoms with van der Waals surface area (Å²) in [5, 5.41) is 4.06. The maximum Gasteiger partial charge on any atom is 0.111 e. The quantitative estimate of drug-likeness (QED) is 0.513. The van der Waals surface area contributed by atoms with Crippen LogP contribution >= 0.6 is 0 Å². The maximum absolute atomic E-state index is 5.78. The van der Waals surface area contributed by atoms with E-state index in [2.05, 4.69) is 35.1 Å². The Morgan fingerprint density at radius 1 is 1.16 bits per heavy atom. The van der Waals surface area contributed by atoms with Crippen LogP contribution in [0.15, 0.2) is 28.3 Å². The minimum absolute atomic E-state index is 0.252. The van der Waals surface area contributed by atoms with Crippen LogP contribution in [-0.4, -0.2) is 30.7 Å². The fourth-order valence-electron chi connectivity index (χ4n) is 3.51. The summed E-state index contributed by atoms with van der Waals surface area (Å²) in [5.74, 6) is 13.0. The van der Waals surface area contributed by atoms with Crippen molar-refractivity contribution in [2.45, 2.75) is 51.0 Å². The molecule has 0 aromatic heterocycles. The van der Waals surface area contributed by atoms with E-state index in [-0.39, 0.29) is 6.10 Å². The number of aliphatic imine (C=N–C) groups is 1. The molecule has 1 aromatic rings. The summed E-state index contributed by atoms with van der Waals surface area (Å²) >= 11 is 0. The molecule has 4 heteroatoms. The number of nitrogens with zero attached hydrogens (tertiary/aromatic N) is 2. The van der Waals surface area contributed by atoms with Crippen LogP contribution in [0, 0.1) is 17.8 Å². The average molecular weight is 335 g/mol. The van der Waals surface area contributed by atoms with Gasteiger partial charge in [-0.1, -0.05) is 17.9 Å². The Labute approximate surface area is 149 Å². The standard InChI is InChI=1S/C21H25N3O/c22-24-21-19-10-8-16(7-6-15-4-5-15)13-17(19)9-11-20(21)23-14-18-3-1-2-12-25-18/h8,10,13,15,18H,1-5,9,11-12,14,22H2/b23-20?,24-21-. The van der Waals surface area contributed by atoms with Crippen molar-refractivity contribution >= 4 is 11.4 Å². The van der Waals surface area contributed by atoms with Gasteiger partial charge >= 0.3 is 0 Å². The number of nitrogens with two attached hydrogens (primary N) is 1. The molecule has 1 heterocycles. The average Bonchev–Trinajstić information content (AvgIpc) is 3.49. The third-order valence-electron chi connectivity index (χ3n) is 5.15. The smallest absolute Gasteiger partial charge is 0.111 e. The maximum atomic E-state index is 5.78. The molecule has 0 spiro atoms. The Balaban J connectivity index is 1.51. The molecule has 1 saturated carbocycles. The highest BCUT2D eigenvalue weighted by atomic mass is 16.5. The van der Waals surface area contributed by atoms with Gasteiger partial charge in [-0.25, -0.2) is 0 Å².